The number of rotatable bonds is 7. The van der Waals surface area contributed by atoms with E-state index < -0.39 is 23.9 Å². The summed E-state index contributed by atoms with van der Waals surface area (Å²) in [6, 6.07) is 10.4. The fourth-order valence-corrected chi connectivity index (χ4v) is 4.12. The standard InChI is InChI=1S/C28H22F4N8O3/c1-4-24(41)40(43-26(42)28(30,31)32)19-6-7-21(29)22(12-19)36-25-20(16-5-8-23-17(11-16)9-10-38(23)2)14-33-27(37-25)35-18-13-34-39(3)15-18/h4-15H,1H2,2-3H3,(H2,33,35,36,37). The molecule has 3 heterocycles. The van der Waals surface area contributed by atoms with Gasteiger partial charge in [-0.3, -0.25) is 9.48 Å². The Balaban J connectivity index is 1.57. The van der Waals surface area contributed by atoms with Crippen molar-refractivity contribution in [2.24, 2.45) is 14.1 Å². The van der Waals surface area contributed by atoms with Crippen LogP contribution in [0.3, 0.4) is 0 Å². The van der Waals surface area contributed by atoms with Gasteiger partial charge in [-0.2, -0.15) is 23.3 Å². The van der Waals surface area contributed by atoms with Crippen molar-refractivity contribution >= 4 is 51.6 Å². The lowest BCUT2D eigenvalue weighted by atomic mass is 10.1. The smallest absolute Gasteiger partial charge is 0.351 e. The van der Waals surface area contributed by atoms with Crippen molar-refractivity contribution in [3.05, 3.63) is 85.7 Å². The van der Waals surface area contributed by atoms with E-state index >= 15 is 4.39 Å². The summed E-state index contributed by atoms with van der Waals surface area (Å²) in [5.41, 5.74) is 1.98. The predicted octanol–water partition coefficient (Wildman–Crippen LogP) is 5.53. The number of carbonyl (C=O) groups excluding carboxylic acids is 2. The maximum absolute atomic E-state index is 15.1. The van der Waals surface area contributed by atoms with Crippen LogP contribution in [0.1, 0.15) is 0 Å². The minimum Gasteiger partial charge on any atom is -0.351 e. The lowest BCUT2D eigenvalue weighted by molar-refractivity contribution is -0.201. The summed E-state index contributed by atoms with van der Waals surface area (Å²) in [5.74, 6) is -4.46. The molecule has 0 bridgehead atoms. The molecule has 3 aromatic heterocycles. The Labute approximate surface area is 241 Å². The summed E-state index contributed by atoms with van der Waals surface area (Å²) in [7, 11) is 3.63. The molecule has 0 saturated carbocycles. The first-order valence-corrected chi connectivity index (χ1v) is 12.4. The fraction of sp³-hybridized carbons (Fsp3) is 0.107. The van der Waals surface area contributed by atoms with E-state index in [-0.39, 0.29) is 28.2 Å². The summed E-state index contributed by atoms with van der Waals surface area (Å²) in [5, 5.41) is 10.9. The van der Waals surface area contributed by atoms with Gasteiger partial charge < -0.3 is 20.0 Å². The lowest BCUT2D eigenvalue weighted by Gasteiger charge is -2.21. The molecule has 0 aliphatic rings. The monoisotopic (exact) mass is 594 g/mol. The quantitative estimate of drug-likeness (QED) is 0.143. The van der Waals surface area contributed by atoms with Crippen LogP contribution < -0.4 is 15.7 Å². The number of benzene rings is 2. The molecule has 1 amide bonds. The van der Waals surface area contributed by atoms with E-state index in [0.29, 0.717) is 22.9 Å². The van der Waals surface area contributed by atoms with Gasteiger partial charge in [0.05, 0.1) is 23.3 Å². The number of hydrogen-bond acceptors (Lipinski definition) is 8. The molecule has 43 heavy (non-hydrogen) atoms. The van der Waals surface area contributed by atoms with Gasteiger partial charge in [-0.05, 0) is 48.0 Å². The molecule has 5 aromatic rings. The Bertz CT molecular complexity index is 1860. The van der Waals surface area contributed by atoms with Crippen molar-refractivity contribution in [3.8, 4) is 11.1 Å². The zero-order valence-electron chi connectivity index (χ0n) is 22.6. The Kier molecular flexibility index (Phi) is 7.55. The third-order valence-corrected chi connectivity index (χ3v) is 6.16. The van der Waals surface area contributed by atoms with E-state index in [9.17, 15) is 22.8 Å². The number of anilines is 5. The first-order valence-electron chi connectivity index (χ1n) is 12.4. The normalized spacial score (nSPS) is 11.3. The second kappa shape index (κ2) is 11.3. The molecule has 5 rings (SSSR count). The Morgan fingerprint density at radius 2 is 1.86 bits per heavy atom. The largest absolute Gasteiger partial charge is 0.493 e. The molecule has 0 fully saturated rings. The Morgan fingerprint density at radius 1 is 1.07 bits per heavy atom. The van der Waals surface area contributed by atoms with Crippen molar-refractivity contribution in [3.63, 3.8) is 0 Å². The van der Waals surface area contributed by atoms with E-state index in [1.165, 1.54) is 6.20 Å². The number of fused-ring (bicyclic) bond motifs is 1. The molecule has 0 aliphatic carbocycles. The van der Waals surface area contributed by atoms with Gasteiger partial charge in [0.25, 0.3) is 5.91 Å². The molecule has 2 aromatic carbocycles. The molecule has 0 atom stereocenters. The number of alkyl halides is 3. The van der Waals surface area contributed by atoms with Gasteiger partial charge in [0.15, 0.2) is 0 Å². The summed E-state index contributed by atoms with van der Waals surface area (Å²) in [4.78, 5) is 37.0. The number of carbonyl (C=O) groups is 2. The SMILES string of the molecule is C=CC(=O)N(OC(=O)C(F)(F)F)c1ccc(F)c(Nc2nc(Nc3cnn(C)c3)ncc2-c2ccc3c(ccn3C)c2)c1. The number of amides is 1. The molecule has 15 heteroatoms. The van der Waals surface area contributed by atoms with Gasteiger partial charge in [0, 0.05) is 49.2 Å². The molecule has 11 nitrogen and oxygen atoms in total. The van der Waals surface area contributed by atoms with E-state index in [4.69, 9.17) is 0 Å². The van der Waals surface area contributed by atoms with Crippen LogP contribution >= 0.6 is 0 Å². The topological polar surface area (TPSA) is 119 Å². The molecule has 0 spiro atoms. The highest BCUT2D eigenvalue weighted by molar-refractivity contribution is 6.01. The third-order valence-electron chi connectivity index (χ3n) is 6.16. The third kappa shape index (κ3) is 6.14. The van der Waals surface area contributed by atoms with Crippen LogP contribution in [0.5, 0.6) is 0 Å². The number of halogens is 4. The summed E-state index contributed by atoms with van der Waals surface area (Å²) >= 11 is 0. The van der Waals surface area contributed by atoms with Crippen LogP contribution in [-0.2, 0) is 28.5 Å². The highest BCUT2D eigenvalue weighted by atomic mass is 19.4. The number of hydroxylamine groups is 1. The average molecular weight is 595 g/mol. The molecular formula is C28H22F4N8O3. The van der Waals surface area contributed by atoms with Crippen molar-refractivity contribution in [1.29, 1.82) is 0 Å². The molecule has 0 saturated heterocycles. The van der Waals surface area contributed by atoms with Gasteiger partial charge in [0.2, 0.25) is 5.95 Å². The van der Waals surface area contributed by atoms with Gasteiger partial charge in [-0.1, -0.05) is 12.6 Å². The van der Waals surface area contributed by atoms with Crippen molar-refractivity contribution in [2.45, 2.75) is 6.18 Å². The van der Waals surface area contributed by atoms with Crippen molar-refractivity contribution in [2.75, 3.05) is 15.7 Å². The molecule has 2 N–H and O–H groups in total. The molecule has 0 radical (unpaired) electrons. The minimum absolute atomic E-state index is 0.0626. The molecule has 220 valence electrons. The maximum atomic E-state index is 15.1. The fourth-order valence-electron chi connectivity index (χ4n) is 4.12. The van der Waals surface area contributed by atoms with Gasteiger partial charge in [-0.15, -0.1) is 5.06 Å². The number of aryl methyl sites for hydroxylation is 2. The van der Waals surface area contributed by atoms with Crippen LogP contribution in [0.15, 0.2) is 79.9 Å². The van der Waals surface area contributed by atoms with Crippen molar-refractivity contribution < 1.29 is 32.0 Å². The maximum Gasteiger partial charge on any atom is 0.493 e. The molecule has 0 aliphatic heterocycles. The first-order chi connectivity index (χ1) is 20.4. The highest BCUT2D eigenvalue weighted by Gasteiger charge is 2.43. The van der Waals surface area contributed by atoms with Gasteiger partial charge >= 0.3 is 12.1 Å². The second-order valence-electron chi connectivity index (χ2n) is 9.19. The number of nitrogens with zero attached hydrogens (tertiary/aromatic N) is 6. The number of nitrogens with one attached hydrogen (secondary N) is 2. The lowest BCUT2D eigenvalue weighted by Crippen LogP contribution is -2.38. The highest BCUT2D eigenvalue weighted by Crippen LogP contribution is 2.34. The summed E-state index contributed by atoms with van der Waals surface area (Å²) < 4.78 is 57.3. The van der Waals surface area contributed by atoms with E-state index in [1.54, 1.807) is 24.1 Å². The van der Waals surface area contributed by atoms with Crippen LogP contribution in [0.2, 0.25) is 0 Å². The summed E-state index contributed by atoms with van der Waals surface area (Å²) in [6.07, 6.45) is 1.88. The van der Waals surface area contributed by atoms with Gasteiger partial charge in [-0.25, -0.2) is 14.2 Å². The zero-order chi connectivity index (χ0) is 30.9. The van der Waals surface area contributed by atoms with Crippen LogP contribution in [0, 0.1) is 5.82 Å². The Hall–Kier alpha value is -5.73. The zero-order valence-corrected chi connectivity index (χ0v) is 22.6. The molecule has 0 unspecified atom stereocenters. The van der Waals surface area contributed by atoms with Crippen LogP contribution in [0.25, 0.3) is 22.0 Å². The average Bonchev–Trinajstić information content (AvgIpc) is 3.56. The van der Waals surface area contributed by atoms with E-state index in [0.717, 1.165) is 29.1 Å². The predicted molar refractivity (Wildman–Crippen MR) is 150 cm³/mol. The second-order valence-corrected chi connectivity index (χ2v) is 9.19. The Morgan fingerprint density at radius 3 is 2.56 bits per heavy atom. The number of aromatic nitrogens is 5. The van der Waals surface area contributed by atoms with Crippen LogP contribution in [-0.4, -0.2) is 42.4 Å². The molecular weight excluding hydrogens is 572 g/mol. The van der Waals surface area contributed by atoms with E-state index in [2.05, 4.69) is 37.1 Å². The minimum atomic E-state index is -5.39. The van der Waals surface area contributed by atoms with Crippen molar-refractivity contribution in [1.82, 2.24) is 24.3 Å². The first kappa shape index (κ1) is 28.8. The summed E-state index contributed by atoms with van der Waals surface area (Å²) in [6.45, 7) is 3.21. The van der Waals surface area contributed by atoms with E-state index in [1.807, 2.05) is 42.1 Å². The number of hydrogen-bond donors (Lipinski definition) is 2. The van der Waals surface area contributed by atoms with Gasteiger partial charge in [0.1, 0.15) is 11.6 Å². The van der Waals surface area contributed by atoms with Crippen LogP contribution in [0.4, 0.5) is 46.4 Å².